The van der Waals surface area contributed by atoms with E-state index in [0.717, 1.165) is 35.7 Å². The molecule has 0 bridgehead atoms. The molecule has 0 spiro atoms. The van der Waals surface area contributed by atoms with Crippen LogP contribution in [-0.2, 0) is 0 Å². The average molecular weight is 305 g/mol. The smallest absolute Gasteiger partial charge is 0.170 e. The SMILES string of the molecule is Cl.c1csc(-c2ccc3oc(C4=NCCN4)cc3c2)c1. The number of hydrogen-bond donors (Lipinski definition) is 1. The number of fused-ring (bicyclic) bond motifs is 1. The van der Waals surface area contributed by atoms with E-state index in [1.807, 2.05) is 6.07 Å². The van der Waals surface area contributed by atoms with Gasteiger partial charge < -0.3 is 9.73 Å². The molecule has 0 aliphatic carbocycles. The zero-order chi connectivity index (χ0) is 12.7. The van der Waals surface area contributed by atoms with Crippen LogP contribution in [0.4, 0.5) is 0 Å². The summed E-state index contributed by atoms with van der Waals surface area (Å²) in [6, 6.07) is 12.6. The second-order valence-corrected chi connectivity index (χ2v) is 5.45. The Morgan fingerprint density at radius 3 is 2.90 bits per heavy atom. The van der Waals surface area contributed by atoms with E-state index in [1.54, 1.807) is 11.3 Å². The third-order valence-corrected chi connectivity index (χ3v) is 4.15. The quantitative estimate of drug-likeness (QED) is 0.779. The molecule has 3 heterocycles. The number of furan rings is 1. The molecule has 20 heavy (non-hydrogen) atoms. The first-order chi connectivity index (χ1) is 9.40. The van der Waals surface area contributed by atoms with Crippen molar-refractivity contribution >= 4 is 40.5 Å². The molecule has 0 saturated heterocycles. The summed E-state index contributed by atoms with van der Waals surface area (Å²) in [7, 11) is 0. The van der Waals surface area contributed by atoms with Crippen molar-refractivity contribution in [1.29, 1.82) is 0 Å². The Morgan fingerprint density at radius 1 is 1.20 bits per heavy atom. The number of benzene rings is 1. The predicted octanol–water partition coefficient (Wildman–Crippen LogP) is 3.93. The van der Waals surface area contributed by atoms with E-state index < -0.39 is 0 Å². The van der Waals surface area contributed by atoms with E-state index in [1.165, 1.54) is 10.4 Å². The molecule has 1 aromatic carbocycles. The number of amidine groups is 1. The van der Waals surface area contributed by atoms with Crippen LogP contribution in [0.3, 0.4) is 0 Å². The fourth-order valence-corrected chi connectivity index (χ4v) is 3.04. The van der Waals surface area contributed by atoms with Gasteiger partial charge in [-0.25, -0.2) is 0 Å². The zero-order valence-electron chi connectivity index (χ0n) is 10.6. The van der Waals surface area contributed by atoms with Gasteiger partial charge in [-0.15, -0.1) is 23.7 Å². The Labute approximate surface area is 126 Å². The highest BCUT2D eigenvalue weighted by atomic mass is 35.5. The molecule has 1 aliphatic rings. The van der Waals surface area contributed by atoms with Crippen LogP contribution in [-0.4, -0.2) is 18.9 Å². The standard InChI is InChI=1S/C15H12N2OS.ClH/c1-2-14(19-7-1)10-3-4-12-11(8-10)9-13(18-12)15-16-5-6-17-15;/h1-4,7-9H,5-6H2,(H,16,17);1H. The molecule has 3 aromatic rings. The Kier molecular flexibility index (Phi) is 3.51. The predicted molar refractivity (Wildman–Crippen MR) is 86.2 cm³/mol. The minimum Gasteiger partial charge on any atom is -0.453 e. The fourth-order valence-electron chi connectivity index (χ4n) is 2.32. The third-order valence-electron chi connectivity index (χ3n) is 3.23. The van der Waals surface area contributed by atoms with Gasteiger partial charge in [-0.3, -0.25) is 4.99 Å². The molecule has 3 nitrogen and oxygen atoms in total. The minimum absolute atomic E-state index is 0. The highest BCUT2D eigenvalue weighted by Crippen LogP contribution is 2.29. The van der Waals surface area contributed by atoms with Crippen LogP contribution in [0.5, 0.6) is 0 Å². The molecule has 0 amide bonds. The van der Waals surface area contributed by atoms with E-state index in [-0.39, 0.29) is 12.4 Å². The maximum absolute atomic E-state index is 5.83. The second kappa shape index (κ2) is 5.31. The molecule has 4 rings (SSSR count). The van der Waals surface area contributed by atoms with Crippen LogP contribution in [0, 0.1) is 0 Å². The van der Waals surface area contributed by atoms with E-state index in [2.05, 4.69) is 46.0 Å². The lowest BCUT2D eigenvalue weighted by Gasteiger charge is -1.96. The third kappa shape index (κ3) is 2.21. The van der Waals surface area contributed by atoms with Crippen molar-refractivity contribution in [3.8, 4) is 10.4 Å². The van der Waals surface area contributed by atoms with Crippen LogP contribution in [0.15, 0.2) is 51.2 Å². The lowest BCUT2D eigenvalue weighted by Crippen LogP contribution is -2.18. The molecule has 1 N–H and O–H groups in total. The normalized spacial score (nSPS) is 13.9. The van der Waals surface area contributed by atoms with E-state index in [9.17, 15) is 0 Å². The first-order valence-electron chi connectivity index (χ1n) is 6.26. The summed E-state index contributed by atoms with van der Waals surface area (Å²) < 4.78 is 5.83. The van der Waals surface area contributed by atoms with Gasteiger partial charge in [0.05, 0.1) is 6.54 Å². The first kappa shape index (κ1) is 13.2. The van der Waals surface area contributed by atoms with Gasteiger partial charge in [-0.05, 0) is 41.3 Å². The van der Waals surface area contributed by atoms with Crippen LogP contribution in [0.1, 0.15) is 5.76 Å². The maximum Gasteiger partial charge on any atom is 0.170 e. The Bertz CT molecular complexity index is 761. The summed E-state index contributed by atoms with van der Waals surface area (Å²) in [5, 5.41) is 6.45. The van der Waals surface area contributed by atoms with Gasteiger partial charge in [0.25, 0.3) is 0 Å². The summed E-state index contributed by atoms with van der Waals surface area (Å²) in [4.78, 5) is 5.67. The number of nitrogens with one attached hydrogen (secondary N) is 1. The number of rotatable bonds is 2. The van der Waals surface area contributed by atoms with Gasteiger partial charge in [0.1, 0.15) is 5.58 Å². The summed E-state index contributed by atoms with van der Waals surface area (Å²) in [6.45, 7) is 1.72. The molecule has 0 fully saturated rings. The lowest BCUT2D eigenvalue weighted by atomic mass is 10.1. The number of nitrogens with zero attached hydrogens (tertiary/aromatic N) is 1. The fraction of sp³-hybridized carbons (Fsp3) is 0.133. The van der Waals surface area contributed by atoms with Crippen molar-refractivity contribution < 1.29 is 4.42 Å². The Morgan fingerprint density at radius 2 is 2.15 bits per heavy atom. The molecule has 2 aromatic heterocycles. The summed E-state index contributed by atoms with van der Waals surface area (Å²) >= 11 is 1.75. The summed E-state index contributed by atoms with van der Waals surface area (Å²) in [5.41, 5.74) is 2.14. The zero-order valence-corrected chi connectivity index (χ0v) is 12.3. The molecular weight excluding hydrogens is 292 g/mol. The van der Waals surface area contributed by atoms with E-state index >= 15 is 0 Å². The summed E-state index contributed by atoms with van der Waals surface area (Å²) in [5.74, 6) is 1.70. The highest BCUT2D eigenvalue weighted by Gasteiger charge is 2.13. The molecule has 0 atom stereocenters. The second-order valence-electron chi connectivity index (χ2n) is 4.50. The Hall–Kier alpha value is -1.78. The van der Waals surface area contributed by atoms with Crippen molar-refractivity contribution in [2.24, 2.45) is 4.99 Å². The molecule has 102 valence electrons. The van der Waals surface area contributed by atoms with Gasteiger partial charge in [-0.1, -0.05) is 6.07 Å². The van der Waals surface area contributed by atoms with Crippen molar-refractivity contribution in [1.82, 2.24) is 5.32 Å². The topological polar surface area (TPSA) is 37.5 Å². The van der Waals surface area contributed by atoms with Crippen molar-refractivity contribution in [2.75, 3.05) is 13.1 Å². The van der Waals surface area contributed by atoms with Gasteiger partial charge >= 0.3 is 0 Å². The highest BCUT2D eigenvalue weighted by molar-refractivity contribution is 7.13. The monoisotopic (exact) mass is 304 g/mol. The minimum atomic E-state index is 0. The van der Waals surface area contributed by atoms with Crippen LogP contribution in [0.2, 0.25) is 0 Å². The summed E-state index contributed by atoms with van der Waals surface area (Å²) in [6.07, 6.45) is 0. The van der Waals surface area contributed by atoms with Crippen LogP contribution < -0.4 is 5.32 Å². The first-order valence-corrected chi connectivity index (χ1v) is 7.14. The number of hydrogen-bond acceptors (Lipinski definition) is 4. The van der Waals surface area contributed by atoms with E-state index in [4.69, 9.17) is 4.42 Å². The van der Waals surface area contributed by atoms with Gasteiger partial charge in [0, 0.05) is 16.8 Å². The Balaban J connectivity index is 0.00000121. The van der Waals surface area contributed by atoms with Crippen molar-refractivity contribution in [2.45, 2.75) is 0 Å². The molecule has 5 heteroatoms. The van der Waals surface area contributed by atoms with Crippen molar-refractivity contribution in [3.05, 3.63) is 47.5 Å². The van der Waals surface area contributed by atoms with Gasteiger partial charge in [0.2, 0.25) is 0 Å². The van der Waals surface area contributed by atoms with Crippen molar-refractivity contribution in [3.63, 3.8) is 0 Å². The van der Waals surface area contributed by atoms with Crippen LogP contribution in [0.25, 0.3) is 21.4 Å². The van der Waals surface area contributed by atoms with Crippen LogP contribution >= 0.6 is 23.7 Å². The average Bonchev–Trinajstić information content (AvgIpc) is 3.18. The number of aliphatic imine (C=N–C) groups is 1. The molecule has 0 unspecified atom stereocenters. The largest absolute Gasteiger partial charge is 0.453 e. The number of halogens is 1. The van der Waals surface area contributed by atoms with E-state index in [0.29, 0.717) is 0 Å². The van der Waals surface area contributed by atoms with Gasteiger partial charge in [-0.2, -0.15) is 0 Å². The lowest BCUT2D eigenvalue weighted by molar-refractivity contribution is 0.602. The molecule has 0 radical (unpaired) electrons. The number of thiophene rings is 1. The molecule has 1 aliphatic heterocycles. The van der Waals surface area contributed by atoms with Gasteiger partial charge in [0.15, 0.2) is 11.6 Å². The molecular formula is C15H13ClN2OS. The maximum atomic E-state index is 5.83. The molecule has 0 saturated carbocycles.